The second-order valence-corrected chi connectivity index (χ2v) is 4.73. The summed E-state index contributed by atoms with van der Waals surface area (Å²) < 4.78 is 4.67. The molecular weight excluding hydrogens is 204 g/mol. The lowest BCUT2D eigenvalue weighted by Crippen LogP contribution is -2.46. The minimum atomic E-state index is -0.856. The van der Waals surface area contributed by atoms with Gasteiger partial charge in [0.15, 0.2) is 0 Å². The van der Waals surface area contributed by atoms with Crippen molar-refractivity contribution in [1.82, 2.24) is 4.90 Å². The number of hydrogen-bond donors (Lipinski definition) is 1. The summed E-state index contributed by atoms with van der Waals surface area (Å²) >= 11 is 0. The smallest absolute Gasteiger partial charge is 0.325 e. The van der Waals surface area contributed by atoms with Crippen molar-refractivity contribution in [2.24, 2.45) is 5.73 Å². The SMILES string of the molecule is CCN(CCCC(C)(N)C(=O)OC)C(C)C. The van der Waals surface area contributed by atoms with Crippen LogP contribution in [-0.2, 0) is 9.53 Å². The van der Waals surface area contributed by atoms with Gasteiger partial charge in [-0.25, -0.2) is 0 Å². The van der Waals surface area contributed by atoms with E-state index < -0.39 is 5.54 Å². The summed E-state index contributed by atoms with van der Waals surface area (Å²) in [7, 11) is 1.37. The van der Waals surface area contributed by atoms with Crippen molar-refractivity contribution in [2.45, 2.75) is 52.1 Å². The molecule has 4 heteroatoms. The number of carbonyl (C=O) groups excluding carboxylic acids is 1. The summed E-state index contributed by atoms with van der Waals surface area (Å²) in [4.78, 5) is 13.7. The Morgan fingerprint density at radius 3 is 2.44 bits per heavy atom. The number of rotatable bonds is 7. The number of esters is 1. The highest BCUT2D eigenvalue weighted by Gasteiger charge is 2.28. The number of nitrogens with zero attached hydrogens (tertiary/aromatic N) is 1. The first-order chi connectivity index (χ1) is 7.35. The van der Waals surface area contributed by atoms with E-state index in [1.54, 1.807) is 6.92 Å². The minimum Gasteiger partial charge on any atom is -0.468 e. The monoisotopic (exact) mass is 230 g/mol. The van der Waals surface area contributed by atoms with Crippen molar-refractivity contribution < 1.29 is 9.53 Å². The molecule has 0 fully saturated rings. The van der Waals surface area contributed by atoms with Gasteiger partial charge in [0.2, 0.25) is 0 Å². The molecular formula is C12H26N2O2. The van der Waals surface area contributed by atoms with Crippen LogP contribution in [0.25, 0.3) is 0 Å². The van der Waals surface area contributed by atoms with Crippen LogP contribution >= 0.6 is 0 Å². The van der Waals surface area contributed by atoms with Gasteiger partial charge in [0.25, 0.3) is 0 Å². The molecule has 16 heavy (non-hydrogen) atoms. The molecule has 2 N–H and O–H groups in total. The van der Waals surface area contributed by atoms with E-state index in [1.807, 2.05) is 0 Å². The van der Waals surface area contributed by atoms with Gasteiger partial charge in [0.05, 0.1) is 7.11 Å². The molecule has 0 bridgehead atoms. The fraction of sp³-hybridized carbons (Fsp3) is 0.917. The Bertz CT molecular complexity index is 215. The molecule has 1 unspecified atom stereocenters. The van der Waals surface area contributed by atoms with E-state index in [9.17, 15) is 4.79 Å². The van der Waals surface area contributed by atoms with Gasteiger partial charge in [-0.3, -0.25) is 4.79 Å². The van der Waals surface area contributed by atoms with Gasteiger partial charge in [0, 0.05) is 6.04 Å². The van der Waals surface area contributed by atoms with E-state index in [1.165, 1.54) is 7.11 Å². The quantitative estimate of drug-likeness (QED) is 0.671. The third-order valence-electron chi connectivity index (χ3n) is 2.93. The van der Waals surface area contributed by atoms with Gasteiger partial charge in [0.1, 0.15) is 5.54 Å². The zero-order valence-electron chi connectivity index (χ0n) is 11.2. The molecule has 0 aromatic heterocycles. The second-order valence-electron chi connectivity index (χ2n) is 4.73. The molecule has 0 aliphatic rings. The summed E-state index contributed by atoms with van der Waals surface area (Å²) in [5, 5.41) is 0. The largest absolute Gasteiger partial charge is 0.468 e. The Labute approximate surface area is 99.1 Å². The molecule has 0 aliphatic heterocycles. The van der Waals surface area contributed by atoms with Crippen molar-refractivity contribution in [3.05, 3.63) is 0 Å². The third-order valence-corrected chi connectivity index (χ3v) is 2.93. The lowest BCUT2D eigenvalue weighted by atomic mass is 9.97. The Hall–Kier alpha value is -0.610. The predicted octanol–water partition coefficient (Wildman–Crippen LogP) is 1.39. The average molecular weight is 230 g/mol. The van der Waals surface area contributed by atoms with Gasteiger partial charge < -0.3 is 15.4 Å². The Morgan fingerprint density at radius 2 is 2.06 bits per heavy atom. The molecule has 1 atom stereocenters. The zero-order chi connectivity index (χ0) is 12.8. The van der Waals surface area contributed by atoms with Crippen LogP contribution in [0, 0.1) is 0 Å². The zero-order valence-corrected chi connectivity index (χ0v) is 11.2. The van der Waals surface area contributed by atoms with Crippen molar-refractivity contribution in [3.63, 3.8) is 0 Å². The van der Waals surface area contributed by atoms with E-state index in [4.69, 9.17) is 5.73 Å². The van der Waals surface area contributed by atoms with Crippen molar-refractivity contribution >= 4 is 5.97 Å². The molecule has 0 saturated carbocycles. The first kappa shape index (κ1) is 15.4. The Kier molecular flexibility index (Phi) is 6.60. The van der Waals surface area contributed by atoms with E-state index in [0.29, 0.717) is 12.5 Å². The van der Waals surface area contributed by atoms with Crippen LogP contribution < -0.4 is 5.73 Å². The molecule has 0 aromatic rings. The fourth-order valence-corrected chi connectivity index (χ4v) is 1.77. The molecule has 0 rings (SSSR count). The van der Waals surface area contributed by atoms with Crippen LogP contribution in [0.4, 0.5) is 0 Å². The van der Waals surface area contributed by atoms with Crippen LogP contribution in [0.3, 0.4) is 0 Å². The van der Waals surface area contributed by atoms with Crippen LogP contribution in [-0.4, -0.2) is 42.6 Å². The molecule has 4 nitrogen and oxygen atoms in total. The van der Waals surface area contributed by atoms with Crippen LogP contribution in [0.5, 0.6) is 0 Å². The average Bonchev–Trinajstić information content (AvgIpc) is 2.22. The highest BCUT2D eigenvalue weighted by Crippen LogP contribution is 2.12. The first-order valence-electron chi connectivity index (χ1n) is 5.96. The molecule has 0 saturated heterocycles. The van der Waals surface area contributed by atoms with Crippen LogP contribution in [0.2, 0.25) is 0 Å². The maximum absolute atomic E-state index is 11.4. The van der Waals surface area contributed by atoms with E-state index in [-0.39, 0.29) is 5.97 Å². The third kappa shape index (κ3) is 4.94. The number of carbonyl (C=O) groups is 1. The number of nitrogens with two attached hydrogens (primary N) is 1. The highest BCUT2D eigenvalue weighted by atomic mass is 16.5. The lowest BCUT2D eigenvalue weighted by Gasteiger charge is -2.27. The Morgan fingerprint density at radius 1 is 1.50 bits per heavy atom. The van der Waals surface area contributed by atoms with Crippen molar-refractivity contribution in [1.29, 1.82) is 0 Å². The molecule has 0 radical (unpaired) electrons. The second kappa shape index (κ2) is 6.86. The van der Waals surface area contributed by atoms with Gasteiger partial charge in [-0.1, -0.05) is 6.92 Å². The summed E-state index contributed by atoms with van der Waals surface area (Å²) in [6.07, 6.45) is 1.57. The van der Waals surface area contributed by atoms with Crippen molar-refractivity contribution in [2.75, 3.05) is 20.2 Å². The summed E-state index contributed by atoms with van der Waals surface area (Å²) in [5.41, 5.74) is 5.03. The van der Waals surface area contributed by atoms with E-state index in [2.05, 4.69) is 30.4 Å². The summed E-state index contributed by atoms with van der Waals surface area (Å²) in [6.45, 7) is 10.2. The maximum atomic E-state index is 11.4. The van der Waals surface area contributed by atoms with Gasteiger partial charge in [-0.15, -0.1) is 0 Å². The molecule has 96 valence electrons. The topological polar surface area (TPSA) is 55.6 Å². The van der Waals surface area contributed by atoms with Gasteiger partial charge in [-0.05, 0) is 46.7 Å². The molecule has 0 aromatic carbocycles. The molecule has 0 aliphatic carbocycles. The van der Waals surface area contributed by atoms with Crippen molar-refractivity contribution in [3.8, 4) is 0 Å². The molecule has 0 amide bonds. The standard InChI is InChI=1S/C12H26N2O2/c1-6-14(10(2)3)9-7-8-12(4,13)11(15)16-5/h10H,6-9,13H2,1-5H3. The van der Waals surface area contributed by atoms with Crippen LogP contribution in [0.1, 0.15) is 40.5 Å². The van der Waals surface area contributed by atoms with Gasteiger partial charge >= 0.3 is 5.97 Å². The summed E-state index contributed by atoms with van der Waals surface area (Å²) in [6, 6.07) is 0.534. The highest BCUT2D eigenvalue weighted by molar-refractivity contribution is 5.79. The minimum absolute atomic E-state index is 0.333. The molecule has 0 spiro atoms. The normalized spacial score (nSPS) is 15.2. The number of methoxy groups -OCH3 is 1. The summed E-state index contributed by atoms with van der Waals surface area (Å²) in [5.74, 6) is -0.333. The van der Waals surface area contributed by atoms with Gasteiger partial charge in [-0.2, -0.15) is 0 Å². The van der Waals surface area contributed by atoms with E-state index >= 15 is 0 Å². The maximum Gasteiger partial charge on any atom is 0.325 e. The van der Waals surface area contributed by atoms with E-state index in [0.717, 1.165) is 19.5 Å². The number of ether oxygens (including phenoxy) is 1. The lowest BCUT2D eigenvalue weighted by molar-refractivity contribution is -0.146. The fourth-order valence-electron chi connectivity index (χ4n) is 1.77. The number of hydrogen-bond acceptors (Lipinski definition) is 4. The first-order valence-corrected chi connectivity index (χ1v) is 5.96. The molecule has 0 heterocycles. The predicted molar refractivity (Wildman–Crippen MR) is 66.2 cm³/mol. The van der Waals surface area contributed by atoms with Crippen LogP contribution in [0.15, 0.2) is 0 Å². The Balaban J connectivity index is 4.01.